The number of pyridine rings is 2. The molecule has 0 unspecified atom stereocenters. The van der Waals surface area contributed by atoms with Crippen molar-refractivity contribution in [2.24, 2.45) is 0 Å². The first-order chi connectivity index (χ1) is 23.5. The van der Waals surface area contributed by atoms with Gasteiger partial charge >= 0.3 is 0 Å². The third-order valence-corrected chi connectivity index (χ3v) is 7.15. The predicted octanol–water partition coefficient (Wildman–Crippen LogP) is 8.16. The number of halogens is 3. The van der Waals surface area contributed by atoms with Gasteiger partial charge in [0.15, 0.2) is 0 Å². The fraction of sp³-hybridized carbons (Fsp3) is 0.179. The van der Waals surface area contributed by atoms with Gasteiger partial charge in [0.05, 0.1) is 36.9 Å². The Morgan fingerprint density at radius 1 is 0.604 bits per heavy atom. The van der Waals surface area contributed by atoms with Gasteiger partial charge in [0, 0.05) is 36.4 Å². The Morgan fingerprint density at radius 2 is 1.15 bits per heavy atom. The number of hydrogen-bond acceptors (Lipinski definition) is 4. The Balaban J connectivity index is 0.000000188. The molecule has 0 aliphatic rings. The maximum Gasteiger partial charge on any atom is 0.131 e. The van der Waals surface area contributed by atoms with Gasteiger partial charge in [0.2, 0.25) is 0 Å². The molecule has 48 heavy (non-hydrogen) atoms. The molecular weight excluding hydrogens is 609 g/mol. The lowest BCUT2D eigenvalue weighted by atomic mass is 10.0. The zero-order chi connectivity index (χ0) is 33.6. The van der Waals surface area contributed by atoms with Gasteiger partial charge in [-0.1, -0.05) is 60.4 Å². The van der Waals surface area contributed by atoms with Gasteiger partial charge in [-0.2, -0.15) is 10.2 Å². The van der Waals surface area contributed by atoms with Crippen LogP contribution in [0.1, 0.15) is 41.2 Å². The number of alkyl halides is 2. The van der Waals surface area contributed by atoms with Crippen LogP contribution in [-0.2, 0) is 26.4 Å². The van der Waals surface area contributed by atoms with Gasteiger partial charge in [-0.05, 0) is 71.9 Å². The lowest BCUT2D eigenvalue weighted by Crippen LogP contribution is -1.96. The molecule has 6 aromatic rings. The standard InChI is InChI=1S/C20H18FN3.C19H15F2N3/c1-16-7-2-3-11-20(16)17-14-22-24(15-17)12-5-4-8-18-9-6-10-19(13-21)23-18;20-12-19-6-3-5-18(23-19)4-1-2-11-24-14-16(13-22-24)15-7-9-17(21)10-8-15/h2-3,6-7,9-11,14-15H,5,12-13H2,1H3;3,5-10,13-14H,2,11-12H2. The van der Waals surface area contributed by atoms with Crippen LogP contribution >= 0.6 is 0 Å². The predicted molar refractivity (Wildman–Crippen MR) is 181 cm³/mol. The van der Waals surface area contributed by atoms with Crippen molar-refractivity contribution in [1.29, 1.82) is 0 Å². The maximum atomic E-state index is 12.9. The largest absolute Gasteiger partial charge is 0.271 e. The Labute approximate surface area is 278 Å². The van der Waals surface area contributed by atoms with Gasteiger partial charge in [-0.3, -0.25) is 9.36 Å². The quantitative estimate of drug-likeness (QED) is 0.157. The van der Waals surface area contributed by atoms with E-state index in [1.54, 1.807) is 59.4 Å². The molecule has 0 amide bonds. The van der Waals surface area contributed by atoms with Crippen molar-refractivity contribution in [3.63, 3.8) is 0 Å². The Bertz CT molecular complexity index is 2060. The molecule has 0 saturated carbocycles. The summed E-state index contributed by atoms with van der Waals surface area (Å²) in [5, 5.41) is 8.67. The number of aryl methyl sites for hydroxylation is 3. The Morgan fingerprint density at radius 3 is 1.71 bits per heavy atom. The molecule has 0 atom stereocenters. The monoisotopic (exact) mass is 642 g/mol. The van der Waals surface area contributed by atoms with Crippen LogP contribution in [-0.4, -0.2) is 29.5 Å². The van der Waals surface area contributed by atoms with E-state index in [9.17, 15) is 13.2 Å². The average Bonchev–Trinajstić information content (AvgIpc) is 3.80. The van der Waals surface area contributed by atoms with Crippen LogP contribution in [0.25, 0.3) is 22.3 Å². The van der Waals surface area contributed by atoms with E-state index in [1.165, 1.54) is 23.3 Å². The van der Waals surface area contributed by atoms with Crippen molar-refractivity contribution in [3.8, 4) is 45.9 Å². The molecule has 4 heterocycles. The van der Waals surface area contributed by atoms with Crippen molar-refractivity contribution in [1.82, 2.24) is 29.5 Å². The highest BCUT2D eigenvalue weighted by atomic mass is 19.1. The number of nitrogens with zero attached hydrogens (tertiary/aromatic N) is 6. The summed E-state index contributed by atoms with van der Waals surface area (Å²) in [5.74, 6) is 11.7. The van der Waals surface area contributed by atoms with E-state index in [-0.39, 0.29) is 5.82 Å². The molecular formula is C39H33F3N6. The fourth-order valence-electron chi connectivity index (χ4n) is 4.69. The molecule has 9 heteroatoms. The van der Waals surface area contributed by atoms with Gasteiger partial charge in [0.1, 0.15) is 30.6 Å². The van der Waals surface area contributed by atoms with Crippen LogP contribution in [0.5, 0.6) is 0 Å². The molecule has 2 aromatic carbocycles. The summed E-state index contributed by atoms with van der Waals surface area (Å²) >= 11 is 0. The SMILES string of the molecule is Cc1ccccc1-c1cnn(CCC#Cc2cccc(CF)n2)c1.FCc1cccc(C#CCCn2cc(-c3ccc(F)cc3)cn2)n1. The van der Waals surface area contributed by atoms with Crippen LogP contribution < -0.4 is 0 Å². The maximum absolute atomic E-state index is 12.9. The lowest BCUT2D eigenvalue weighted by molar-refractivity contribution is 0.475. The number of rotatable bonds is 8. The van der Waals surface area contributed by atoms with Crippen LogP contribution in [0.4, 0.5) is 13.2 Å². The summed E-state index contributed by atoms with van der Waals surface area (Å²) in [6, 6.07) is 24.9. The third kappa shape index (κ3) is 9.78. The highest BCUT2D eigenvalue weighted by Crippen LogP contribution is 2.22. The number of aromatic nitrogens is 6. The number of benzene rings is 2. The van der Waals surface area contributed by atoms with Crippen molar-refractivity contribution in [3.05, 3.63) is 144 Å². The van der Waals surface area contributed by atoms with E-state index < -0.39 is 13.3 Å². The van der Waals surface area contributed by atoms with Crippen molar-refractivity contribution in [2.75, 3.05) is 0 Å². The molecule has 0 saturated heterocycles. The van der Waals surface area contributed by atoms with Gasteiger partial charge in [0.25, 0.3) is 0 Å². The van der Waals surface area contributed by atoms with Crippen LogP contribution in [0, 0.1) is 36.4 Å². The van der Waals surface area contributed by atoms with Crippen molar-refractivity contribution >= 4 is 0 Å². The first kappa shape index (κ1) is 33.4. The highest BCUT2D eigenvalue weighted by Gasteiger charge is 2.04. The van der Waals surface area contributed by atoms with Gasteiger partial charge < -0.3 is 0 Å². The first-order valence-corrected chi connectivity index (χ1v) is 15.4. The molecule has 0 radical (unpaired) electrons. The van der Waals surface area contributed by atoms with Gasteiger partial charge in [-0.25, -0.2) is 23.1 Å². The second-order valence-corrected chi connectivity index (χ2v) is 10.7. The molecule has 0 fully saturated rings. The molecule has 0 N–H and O–H groups in total. The van der Waals surface area contributed by atoms with E-state index >= 15 is 0 Å². The van der Waals surface area contributed by atoms with Crippen LogP contribution in [0.3, 0.4) is 0 Å². The second-order valence-electron chi connectivity index (χ2n) is 10.7. The highest BCUT2D eigenvalue weighted by molar-refractivity contribution is 5.65. The number of hydrogen-bond donors (Lipinski definition) is 0. The molecule has 0 bridgehead atoms. The molecule has 240 valence electrons. The molecule has 0 aliphatic carbocycles. The zero-order valence-electron chi connectivity index (χ0n) is 26.5. The Kier molecular flexibility index (Phi) is 11.9. The zero-order valence-corrected chi connectivity index (χ0v) is 26.5. The minimum Gasteiger partial charge on any atom is -0.271 e. The van der Waals surface area contributed by atoms with Crippen molar-refractivity contribution in [2.45, 2.75) is 46.2 Å². The van der Waals surface area contributed by atoms with E-state index in [4.69, 9.17) is 0 Å². The summed E-state index contributed by atoms with van der Waals surface area (Å²) in [6.07, 6.45) is 8.82. The lowest BCUT2D eigenvalue weighted by Gasteiger charge is -2.01. The molecule has 0 spiro atoms. The Hall–Kier alpha value is -5.93. The summed E-state index contributed by atoms with van der Waals surface area (Å²) in [7, 11) is 0. The van der Waals surface area contributed by atoms with Gasteiger partial charge in [-0.15, -0.1) is 0 Å². The minimum absolute atomic E-state index is 0.258. The topological polar surface area (TPSA) is 61.4 Å². The summed E-state index contributed by atoms with van der Waals surface area (Å²) in [6.45, 7) is 2.29. The summed E-state index contributed by atoms with van der Waals surface area (Å²) < 4.78 is 41.7. The average molecular weight is 643 g/mol. The summed E-state index contributed by atoms with van der Waals surface area (Å²) in [4.78, 5) is 8.20. The second kappa shape index (κ2) is 17.1. The van der Waals surface area contributed by atoms with E-state index in [0.29, 0.717) is 48.7 Å². The van der Waals surface area contributed by atoms with Crippen molar-refractivity contribution < 1.29 is 13.2 Å². The van der Waals surface area contributed by atoms with E-state index in [0.717, 1.165) is 16.7 Å². The minimum atomic E-state index is -0.588. The fourth-order valence-corrected chi connectivity index (χ4v) is 4.69. The first-order valence-electron chi connectivity index (χ1n) is 15.4. The third-order valence-electron chi connectivity index (χ3n) is 7.15. The van der Waals surface area contributed by atoms with Crippen LogP contribution in [0.2, 0.25) is 0 Å². The van der Waals surface area contributed by atoms with E-state index in [2.05, 4.69) is 62.9 Å². The summed E-state index contributed by atoms with van der Waals surface area (Å²) in [5.41, 5.74) is 7.36. The normalized spacial score (nSPS) is 10.2. The molecule has 0 aliphatic heterocycles. The molecule has 4 aromatic heterocycles. The van der Waals surface area contributed by atoms with Crippen LogP contribution in [0.15, 0.2) is 110 Å². The van der Waals surface area contributed by atoms with E-state index in [1.807, 2.05) is 35.4 Å². The molecule has 6 nitrogen and oxygen atoms in total. The molecule has 6 rings (SSSR count). The smallest absolute Gasteiger partial charge is 0.131 e.